The number of nitrogens with zero attached hydrogens (tertiary/aromatic N) is 1. The van der Waals surface area contributed by atoms with Gasteiger partial charge in [-0.1, -0.05) is 48.5 Å². The van der Waals surface area contributed by atoms with Gasteiger partial charge >= 0.3 is 12.1 Å². The van der Waals surface area contributed by atoms with Crippen molar-refractivity contribution in [2.45, 2.75) is 116 Å². The molecule has 11 nitrogen and oxygen atoms in total. The minimum atomic E-state index is -1.39. The van der Waals surface area contributed by atoms with E-state index in [0.717, 1.165) is 16.7 Å². The average molecular weight is 637 g/mol. The van der Waals surface area contributed by atoms with Crippen molar-refractivity contribution in [3.63, 3.8) is 0 Å². The summed E-state index contributed by atoms with van der Waals surface area (Å²) in [4.78, 5) is 68.7. The molecular formula is C35H48N4O7. The molecule has 1 aliphatic rings. The van der Waals surface area contributed by atoms with Crippen LogP contribution in [0.1, 0.15) is 89.1 Å². The van der Waals surface area contributed by atoms with E-state index in [1.54, 1.807) is 41.5 Å². The number of rotatable bonds is 12. The van der Waals surface area contributed by atoms with Crippen LogP contribution in [0.5, 0.6) is 0 Å². The van der Waals surface area contributed by atoms with Gasteiger partial charge in [0, 0.05) is 12.5 Å². The van der Waals surface area contributed by atoms with E-state index in [1.165, 1.54) is 4.90 Å². The number of esters is 1. The van der Waals surface area contributed by atoms with Crippen molar-refractivity contribution in [2.24, 2.45) is 5.73 Å². The first-order chi connectivity index (χ1) is 21.4. The summed E-state index contributed by atoms with van der Waals surface area (Å²) in [5.41, 5.74) is 6.73. The van der Waals surface area contributed by atoms with E-state index in [1.807, 2.05) is 62.4 Å². The largest absolute Gasteiger partial charge is 0.458 e. The van der Waals surface area contributed by atoms with Crippen LogP contribution < -0.4 is 16.4 Å². The molecule has 2 aromatic carbocycles. The molecule has 3 atom stereocenters. The molecular weight excluding hydrogens is 588 g/mol. The predicted octanol–water partition coefficient (Wildman–Crippen LogP) is 4.17. The molecule has 0 saturated heterocycles. The van der Waals surface area contributed by atoms with Gasteiger partial charge in [-0.25, -0.2) is 9.59 Å². The van der Waals surface area contributed by atoms with Crippen molar-refractivity contribution < 1.29 is 33.4 Å². The lowest BCUT2D eigenvalue weighted by atomic mass is 9.92. The number of benzene rings is 2. The SMILES string of the molecule is Cc1cccc(C)c1C(C(=O)NC(Cc1ccccc1)C(=O)OC(C)(C)C)N(C(=O)C(CC(N)=O)NC(=O)OC(C)(C)C)C1CC1. The topological polar surface area (TPSA) is 157 Å². The minimum absolute atomic E-state index is 0.156. The Hall–Kier alpha value is -4.41. The van der Waals surface area contributed by atoms with E-state index >= 15 is 0 Å². The third-order valence-corrected chi connectivity index (χ3v) is 7.22. The molecule has 0 bridgehead atoms. The highest BCUT2D eigenvalue weighted by atomic mass is 16.6. The normalized spacial score (nSPS) is 15.1. The van der Waals surface area contributed by atoms with E-state index < -0.39 is 65.5 Å². The summed E-state index contributed by atoms with van der Waals surface area (Å²) in [6.07, 6.45) is -0.0331. The lowest BCUT2D eigenvalue weighted by Crippen LogP contribution is -2.56. The highest BCUT2D eigenvalue weighted by Crippen LogP contribution is 2.38. The fraction of sp³-hybridized carbons (Fsp3) is 0.514. The first-order valence-electron chi connectivity index (χ1n) is 15.6. The summed E-state index contributed by atoms with van der Waals surface area (Å²) in [5.74, 6) is -2.69. The Morgan fingerprint density at radius 1 is 0.826 bits per heavy atom. The number of hydrogen-bond acceptors (Lipinski definition) is 7. The van der Waals surface area contributed by atoms with Crippen LogP contribution in [0.3, 0.4) is 0 Å². The second-order valence-corrected chi connectivity index (χ2v) is 13.8. The Labute approximate surface area is 271 Å². The maximum absolute atomic E-state index is 14.5. The maximum Gasteiger partial charge on any atom is 0.408 e. The number of carbonyl (C=O) groups excluding carboxylic acids is 5. The molecule has 1 aliphatic carbocycles. The van der Waals surface area contributed by atoms with Crippen LogP contribution in [-0.4, -0.2) is 64.0 Å². The second kappa shape index (κ2) is 14.8. The zero-order valence-electron chi connectivity index (χ0n) is 28.1. The standard InChI is InChI=1S/C35H48N4O7/c1-21-13-12-14-22(2)28(21)29(30(41)37-26(32(43)45-34(3,4)5)19-23-15-10-9-11-16-23)39(24-17-18-24)31(42)25(20-27(36)40)38-33(44)46-35(6,7)8/h9-16,24-26,29H,17-20H2,1-8H3,(H2,36,40)(H,37,41)(H,38,44). The quantitative estimate of drug-likeness (QED) is 0.295. The molecule has 2 aromatic rings. The Morgan fingerprint density at radius 3 is 1.89 bits per heavy atom. The van der Waals surface area contributed by atoms with Gasteiger partial charge in [-0.15, -0.1) is 0 Å². The zero-order chi connectivity index (χ0) is 34.4. The van der Waals surface area contributed by atoms with Gasteiger partial charge in [0.2, 0.25) is 17.7 Å². The lowest BCUT2D eigenvalue weighted by Gasteiger charge is -2.36. The molecule has 46 heavy (non-hydrogen) atoms. The number of alkyl carbamates (subject to hydrolysis) is 1. The number of carbonyl (C=O) groups is 5. The van der Waals surface area contributed by atoms with E-state index in [4.69, 9.17) is 15.2 Å². The molecule has 11 heteroatoms. The summed E-state index contributed by atoms with van der Waals surface area (Å²) in [6.45, 7) is 13.9. The Balaban J connectivity index is 2.09. The number of hydrogen-bond donors (Lipinski definition) is 3. The molecule has 0 spiro atoms. The number of amides is 4. The summed E-state index contributed by atoms with van der Waals surface area (Å²) in [6, 6.07) is 10.8. The summed E-state index contributed by atoms with van der Waals surface area (Å²) >= 11 is 0. The second-order valence-electron chi connectivity index (χ2n) is 13.8. The number of nitrogens with two attached hydrogens (primary N) is 1. The van der Waals surface area contributed by atoms with Crippen molar-refractivity contribution in [3.8, 4) is 0 Å². The van der Waals surface area contributed by atoms with Gasteiger partial charge in [0.15, 0.2) is 0 Å². The summed E-state index contributed by atoms with van der Waals surface area (Å²) < 4.78 is 11.1. The predicted molar refractivity (Wildman–Crippen MR) is 173 cm³/mol. The van der Waals surface area contributed by atoms with Crippen LogP contribution in [0.4, 0.5) is 4.79 Å². The van der Waals surface area contributed by atoms with Gasteiger partial charge in [-0.3, -0.25) is 14.4 Å². The Bertz CT molecular complexity index is 1400. The summed E-state index contributed by atoms with van der Waals surface area (Å²) in [5, 5.41) is 5.40. The smallest absolute Gasteiger partial charge is 0.408 e. The third kappa shape index (κ3) is 10.6. The van der Waals surface area contributed by atoms with Crippen molar-refractivity contribution in [1.29, 1.82) is 0 Å². The van der Waals surface area contributed by atoms with Gasteiger partial charge in [0.25, 0.3) is 0 Å². The fourth-order valence-corrected chi connectivity index (χ4v) is 5.22. The van der Waals surface area contributed by atoms with Crippen molar-refractivity contribution in [1.82, 2.24) is 15.5 Å². The van der Waals surface area contributed by atoms with Crippen molar-refractivity contribution in [2.75, 3.05) is 0 Å². The number of primary amides is 1. The third-order valence-electron chi connectivity index (χ3n) is 7.22. The van der Waals surface area contributed by atoms with E-state index in [-0.39, 0.29) is 12.5 Å². The van der Waals surface area contributed by atoms with E-state index in [9.17, 15) is 24.0 Å². The molecule has 3 unspecified atom stereocenters. The minimum Gasteiger partial charge on any atom is -0.458 e. The number of nitrogens with one attached hydrogen (secondary N) is 2. The molecule has 250 valence electrons. The lowest BCUT2D eigenvalue weighted by molar-refractivity contribution is -0.159. The van der Waals surface area contributed by atoms with E-state index in [2.05, 4.69) is 10.6 Å². The van der Waals surface area contributed by atoms with Crippen molar-refractivity contribution >= 4 is 29.8 Å². The fourth-order valence-electron chi connectivity index (χ4n) is 5.22. The number of aryl methyl sites for hydroxylation is 2. The van der Waals surface area contributed by atoms with Crippen LogP contribution in [0.15, 0.2) is 48.5 Å². The summed E-state index contributed by atoms with van der Waals surface area (Å²) in [7, 11) is 0. The zero-order valence-corrected chi connectivity index (χ0v) is 28.1. The molecule has 0 radical (unpaired) electrons. The monoisotopic (exact) mass is 636 g/mol. The molecule has 1 fully saturated rings. The molecule has 4 amide bonds. The van der Waals surface area contributed by atoms with Crippen LogP contribution in [0.2, 0.25) is 0 Å². The average Bonchev–Trinajstić information content (AvgIpc) is 3.75. The van der Waals surface area contributed by atoms with E-state index in [0.29, 0.717) is 18.4 Å². The van der Waals surface area contributed by atoms with Crippen LogP contribution >= 0.6 is 0 Å². The van der Waals surface area contributed by atoms with Crippen LogP contribution in [0, 0.1) is 13.8 Å². The highest BCUT2D eigenvalue weighted by Gasteiger charge is 2.46. The van der Waals surface area contributed by atoms with Gasteiger partial charge < -0.3 is 30.7 Å². The molecule has 0 aromatic heterocycles. The molecule has 1 saturated carbocycles. The van der Waals surface area contributed by atoms with Crippen LogP contribution in [0.25, 0.3) is 0 Å². The first kappa shape index (κ1) is 36.1. The highest BCUT2D eigenvalue weighted by molar-refractivity contribution is 5.96. The van der Waals surface area contributed by atoms with Crippen LogP contribution in [-0.2, 0) is 35.1 Å². The Morgan fingerprint density at radius 2 is 1.39 bits per heavy atom. The Kier molecular flexibility index (Phi) is 11.6. The first-order valence-corrected chi connectivity index (χ1v) is 15.6. The molecule has 0 heterocycles. The maximum atomic E-state index is 14.5. The van der Waals surface area contributed by atoms with Gasteiger partial charge in [0.1, 0.15) is 29.3 Å². The van der Waals surface area contributed by atoms with Crippen molar-refractivity contribution in [3.05, 3.63) is 70.8 Å². The van der Waals surface area contributed by atoms with Gasteiger partial charge in [0.05, 0.1) is 6.42 Å². The molecule has 3 rings (SSSR count). The molecule has 4 N–H and O–H groups in total. The molecule has 0 aliphatic heterocycles. The van der Waals surface area contributed by atoms with Gasteiger partial charge in [-0.2, -0.15) is 0 Å². The number of ether oxygens (including phenoxy) is 2. The van der Waals surface area contributed by atoms with Gasteiger partial charge in [-0.05, 0) is 90.5 Å².